The summed E-state index contributed by atoms with van der Waals surface area (Å²) in [5, 5.41) is 6.32. The molecule has 3 aromatic heterocycles. The summed E-state index contributed by atoms with van der Waals surface area (Å²) in [5.74, 6) is 1.19. The van der Waals surface area contributed by atoms with Crippen molar-refractivity contribution in [1.29, 1.82) is 0 Å². The molecule has 0 aliphatic carbocycles. The number of hydrogen-bond acceptors (Lipinski definition) is 8. The van der Waals surface area contributed by atoms with Gasteiger partial charge in [0.05, 0.1) is 23.2 Å². The van der Waals surface area contributed by atoms with Gasteiger partial charge in [0, 0.05) is 45.1 Å². The predicted molar refractivity (Wildman–Crippen MR) is 129 cm³/mol. The molecule has 4 rings (SSSR count). The Labute approximate surface area is 198 Å². The molecule has 2 amide bonds. The number of rotatable bonds is 8. The molecule has 34 heavy (non-hydrogen) atoms. The van der Waals surface area contributed by atoms with Gasteiger partial charge >= 0.3 is 0 Å². The number of fused-ring (bicyclic) bond motifs is 2. The second kappa shape index (κ2) is 9.62. The lowest BCUT2D eigenvalue weighted by Crippen LogP contribution is -2.46. The molecule has 0 fully saturated rings. The number of nitrogens with two attached hydrogens (primary N) is 1. The van der Waals surface area contributed by atoms with Crippen LogP contribution in [0.5, 0.6) is 0 Å². The molecule has 4 N–H and O–H groups in total. The fraction of sp³-hybridized carbons (Fsp3) is 0.478. The van der Waals surface area contributed by atoms with Gasteiger partial charge in [0.15, 0.2) is 5.82 Å². The van der Waals surface area contributed by atoms with Crippen LogP contribution in [0, 0.1) is 0 Å². The predicted octanol–water partition coefficient (Wildman–Crippen LogP) is 1.96. The molecular formula is C23H31N9O2. The first kappa shape index (κ1) is 23.4. The van der Waals surface area contributed by atoms with E-state index in [1.54, 1.807) is 23.4 Å². The van der Waals surface area contributed by atoms with Crippen molar-refractivity contribution in [2.45, 2.75) is 58.7 Å². The van der Waals surface area contributed by atoms with Gasteiger partial charge in [-0.1, -0.05) is 19.8 Å². The summed E-state index contributed by atoms with van der Waals surface area (Å²) < 4.78 is 2.05. The van der Waals surface area contributed by atoms with Crippen molar-refractivity contribution in [3.8, 4) is 0 Å². The minimum atomic E-state index is -0.457. The molecule has 1 atom stereocenters. The average Bonchev–Trinajstić information content (AvgIpc) is 3.28. The summed E-state index contributed by atoms with van der Waals surface area (Å²) in [7, 11) is 0. The van der Waals surface area contributed by atoms with E-state index >= 15 is 0 Å². The second-order valence-electron chi connectivity index (χ2n) is 8.98. The number of nitrogens with one attached hydrogen (secondary N) is 2. The quantitative estimate of drug-likeness (QED) is 0.458. The van der Waals surface area contributed by atoms with Crippen molar-refractivity contribution in [1.82, 2.24) is 34.7 Å². The molecule has 0 spiro atoms. The van der Waals surface area contributed by atoms with Crippen LogP contribution in [0.2, 0.25) is 0 Å². The normalized spacial score (nSPS) is 15.0. The fourth-order valence-corrected chi connectivity index (χ4v) is 4.14. The van der Waals surface area contributed by atoms with Crippen molar-refractivity contribution < 1.29 is 9.59 Å². The Morgan fingerprint density at radius 3 is 2.82 bits per heavy atom. The SMILES string of the molecule is CCCC[C@](C)(CNC(C)=O)Nc1nc(N)nc2cc(C(=O)N3CCn4ccnc4C3)cnc12. The van der Waals surface area contributed by atoms with Gasteiger partial charge in [0.25, 0.3) is 5.91 Å². The summed E-state index contributed by atoms with van der Waals surface area (Å²) in [6.45, 7) is 7.81. The second-order valence-corrected chi connectivity index (χ2v) is 8.98. The van der Waals surface area contributed by atoms with Gasteiger partial charge in [-0.15, -0.1) is 0 Å². The van der Waals surface area contributed by atoms with Gasteiger partial charge < -0.3 is 25.8 Å². The molecule has 0 bridgehead atoms. The maximum absolute atomic E-state index is 13.2. The van der Waals surface area contributed by atoms with Crippen LogP contribution in [0.1, 0.15) is 56.2 Å². The monoisotopic (exact) mass is 465 g/mol. The molecule has 1 aliphatic heterocycles. The Balaban J connectivity index is 1.61. The van der Waals surface area contributed by atoms with E-state index in [1.165, 1.54) is 6.92 Å². The van der Waals surface area contributed by atoms with E-state index in [1.807, 2.05) is 17.7 Å². The van der Waals surface area contributed by atoms with E-state index in [0.717, 1.165) is 25.1 Å². The lowest BCUT2D eigenvalue weighted by Gasteiger charge is -2.32. The molecule has 1 aliphatic rings. The Bertz CT molecular complexity index is 1210. The highest BCUT2D eigenvalue weighted by Gasteiger charge is 2.27. The lowest BCUT2D eigenvalue weighted by atomic mass is 9.94. The minimum Gasteiger partial charge on any atom is -0.368 e. The Morgan fingerprint density at radius 2 is 2.06 bits per heavy atom. The van der Waals surface area contributed by atoms with Crippen molar-refractivity contribution >= 4 is 34.6 Å². The van der Waals surface area contributed by atoms with Gasteiger partial charge in [-0.2, -0.15) is 4.98 Å². The maximum Gasteiger partial charge on any atom is 0.255 e. The van der Waals surface area contributed by atoms with E-state index in [0.29, 0.717) is 48.6 Å². The van der Waals surface area contributed by atoms with Gasteiger partial charge in [0.2, 0.25) is 11.9 Å². The number of pyridine rings is 1. The fourth-order valence-electron chi connectivity index (χ4n) is 4.14. The minimum absolute atomic E-state index is 0.0822. The summed E-state index contributed by atoms with van der Waals surface area (Å²) in [6.07, 6.45) is 8.02. The maximum atomic E-state index is 13.2. The largest absolute Gasteiger partial charge is 0.368 e. The zero-order valence-corrected chi connectivity index (χ0v) is 19.8. The first-order valence-corrected chi connectivity index (χ1v) is 11.5. The molecule has 11 heteroatoms. The van der Waals surface area contributed by atoms with Crippen molar-refractivity contribution in [3.05, 3.63) is 36.0 Å². The van der Waals surface area contributed by atoms with E-state index in [2.05, 4.69) is 37.5 Å². The third kappa shape index (κ3) is 5.08. The van der Waals surface area contributed by atoms with Gasteiger partial charge in [0.1, 0.15) is 11.3 Å². The van der Waals surface area contributed by atoms with E-state index in [9.17, 15) is 9.59 Å². The highest BCUT2D eigenvalue weighted by Crippen LogP contribution is 2.26. The van der Waals surface area contributed by atoms with Crippen molar-refractivity contribution in [3.63, 3.8) is 0 Å². The number of carbonyl (C=O) groups is 2. The smallest absolute Gasteiger partial charge is 0.255 e. The third-order valence-electron chi connectivity index (χ3n) is 6.06. The molecule has 0 saturated carbocycles. The van der Waals surface area contributed by atoms with E-state index < -0.39 is 5.54 Å². The first-order valence-electron chi connectivity index (χ1n) is 11.5. The Hall–Kier alpha value is -3.76. The molecule has 0 saturated heterocycles. The molecule has 0 radical (unpaired) electrons. The third-order valence-corrected chi connectivity index (χ3v) is 6.06. The molecular weight excluding hydrogens is 434 g/mol. The highest BCUT2D eigenvalue weighted by atomic mass is 16.2. The average molecular weight is 466 g/mol. The lowest BCUT2D eigenvalue weighted by molar-refractivity contribution is -0.119. The van der Waals surface area contributed by atoms with Crippen LogP contribution in [-0.4, -0.2) is 59.8 Å². The topological polar surface area (TPSA) is 144 Å². The molecule has 0 aromatic carbocycles. The summed E-state index contributed by atoms with van der Waals surface area (Å²) >= 11 is 0. The summed E-state index contributed by atoms with van der Waals surface area (Å²) in [5.41, 5.74) is 6.99. The van der Waals surface area contributed by atoms with Crippen molar-refractivity contribution in [2.75, 3.05) is 24.1 Å². The number of amides is 2. The van der Waals surface area contributed by atoms with Gasteiger partial charge in [-0.3, -0.25) is 9.59 Å². The molecule has 3 aromatic rings. The number of carbonyl (C=O) groups excluding carboxylic acids is 2. The van der Waals surface area contributed by atoms with Crippen LogP contribution < -0.4 is 16.4 Å². The number of nitrogens with zero attached hydrogens (tertiary/aromatic N) is 6. The van der Waals surface area contributed by atoms with Crippen molar-refractivity contribution in [2.24, 2.45) is 0 Å². The first-order chi connectivity index (χ1) is 16.3. The van der Waals surface area contributed by atoms with Gasteiger partial charge in [-0.25, -0.2) is 15.0 Å². The molecule has 11 nitrogen and oxygen atoms in total. The van der Waals surface area contributed by atoms with Crippen LogP contribution in [0.4, 0.5) is 11.8 Å². The number of imidazole rings is 1. The van der Waals surface area contributed by atoms with Crippen LogP contribution in [0.3, 0.4) is 0 Å². The number of anilines is 2. The Kier molecular flexibility index (Phi) is 6.62. The van der Waals surface area contributed by atoms with E-state index in [-0.39, 0.29) is 17.8 Å². The standard InChI is InChI=1S/C23H31N9O2/c1-4-5-6-23(3,14-27-15(2)33)30-20-19-17(28-22(24)29-20)11-16(12-26-19)21(34)32-10-9-31-8-7-25-18(31)13-32/h7-8,11-12H,4-6,9-10,13-14H2,1-3H3,(H,27,33)(H3,24,28,29,30)/t23-/m1/s1. The van der Waals surface area contributed by atoms with Crippen LogP contribution in [0.25, 0.3) is 11.0 Å². The molecule has 4 heterocycles. The number of aromatic nitrogens is 5. The van der Waals surface area contributed by atoms with Crippen LogP contribution in [0.15, 0.2) is 24.7 Å². The zero-order valence-electron chi connectivity index (χ0n) is 19.8. The molecule has 180 valence electrons. The van der Waals surface area contributed by atoms with Gasteiger partial charge in [-0.05, 0) is 19.4 Å². The summed E-state index contributed by atoms with van der Waals surface area (Å²) in [6, 6.07) is 1.70. The Morgan fingerprint density at radius 1 is 1.24 bits per heavy atom. The summed E-state index contributed by atoms with van der Waals surface area (Å²) in [4.78, 5) is 44.0. The molecule has 0 unspecified atom stereocenters. The number of unbranched alkanes of at least 4 members (excludes halogenated alkanes) is 1. The number of nitrogen functional groups attached to an aromatic ring is 1. The zero-order chi connectivity index (χ0) is 24.3. The van der Waals surface area contributed by atoms with E-state index in [4.69, 9.17) is 5.73 Å². The highest BCUT2D eigenvalue weighted by molar-refractivity contribution is 5.98. The van der Waals surface area contributed by atoms with Crippen LogP contribution >= 0.6 is 0 Å². The number of hydrogen-bond donors (Lipinski definition) is 3. The van der Waals surface area contributed by atoms with Crippen LogP contribution in [-0.2, 0) is 17.9 Å².